The molecule has 1 aliphatic heterocycles. The van der Waals surface area contributed by atoms with Gasteiger partial charge in [-0.25, -0.2) is 0 Å². The minimum absolute atomic E-state index is 0.177. The van der Waals surface area contributed by atoms with Gasteiger partial charge >= 0.3 is 0 Å². The summed E-state index contributed by atoms with van der Waals surface area (Å²) in [6.45, 7) is 7.11. The van der Waals surface area contributed by atoms with Crippen LogP contribution < -0.4 is 10.6 Å². The third kappa shape index (κ3) is 4.64. The molecular weight excluding hydrogens is 248 g/mol. The first-order valence-corrected chi connectivity index (χ1v) is 7.68. The predicted molar refractivity (Wildman–Crippen MR) is 82.4 cm³/mol. The Hall–Kier alpha value is -1.35. The average molecular weight is 274 g/mol. The van der Waals surface area contributed by atoms with Crippen molar-refractivity contribution in [1.29, 1.82) is 0 Å². The second-order valence-electron chi connectivity index (χ2n) is 6.03. The summed E-state index contributed by atoms with van der Waals surface area (Å²) < 4.78 is 0. The van der Waals surface area contributed by atoms with Crippen molar-refractivity contribution in [3.8, 4) is 0 Å². The first kappa shape index (κ1) is 15.0. The van der Waals surface area contributed by atoms with Crippen molar-refractivity contribution in [2.75, 3.05) is 13.1 Å². The summed E-state index contributed by atoms with van der Waals surface area (Å²) in [5.41, 5.74) is 2.41. The Bertz CT molecular complexity index is 421. The summed E-state index contributed by atoms with van der Waals surface area (Å²) in [6.07, 6.45) is 3.05. The lowest BCUT2D eigenvalue weighted by atomic mass is 9.84. The third-order valence-corrected chi connectivity index (χ3v) is 4.31. The van der Waals surface area contributed by atoms with Crippen LogP contribution in [0, 0.1) is 18.8 Å². The summed E-state index contributed by atoms with van der Waals surface area (Å²) >= 11 is 0. The Morgan fingerprint density at radius 1 is 1.30 bits per heavy atom. The van der Waals surface area contributed by atoms with E-state index in [9.17, 15) is 4.79 Å². The van der Waals surface area contributed by atoms with Crippen LogP contribution in [0.15, 0.2) is 24.3 Å². The van der Waals surface area contributed by atoms with Crippen LogP contribution >= 0.6 is 0 Å². The molecule has 3 heteroatoms. The summed E-state index contributed by atoms with van der Waals surface area (Å²) in [4.78, 5) is 12.0. The van der Waals surface area contributed by atoms with Gasteiger partial charge in [-0.2, -0.15) is 0 Å². The van der Waals surface area contributed by atoms with Gasteiger partial charge < -0.3 is 10.6 Å². The molecule has 2 N–H and O–H groups in total. The van der Waals surface area contributed by atoms with Crippen LogP contribution in [0.4, 0.5) is 0 Å². The number of benzene rings is 1. The summed E-state index contributed by atoms with van der Waals surface area (Å²) in [5, 5.41) is 6.41. The molecule has 1 heterocycles. The van der Waals surface area contributed by atoms with Crippen LogP contribution in [0.25, 0.3) is 0 Å². The van der Waals surface area contributed by atoms with Crippen LogP contribution in [0.5, 0.6) is 0 Å². The maximum atomic E-state index is 12.0. The fraction of sp³-hybridized carbons (Fsp3) is 0.588. The van der Waals surface area contributed by atoms with Crippen LogP contribution in [0.1, 0.15) is 37.3 Å². The molecular formula is C17H26N2O. The molecule has 0 radical (unpaired) electrons. The van der Waals surface area contributed by atoms with E-state index in [2.05, 4.69) is 48.7 Å². The van der Waals surface area contributed by atoms with Gasteiger partial charge in [0.2, 0.25) is 5.91 Å². The largest absolute Gasteiger partial charge is 0.352 e. The van der Waals surface area contributed by atoms with Gasteiger partial charge in [0.05, 0.1) is 0 Å². The van der Waals surface area contributed by atoms with E-state index < -0.39 is 0 Å². The molecule has 1 unspecified atom stereocenters. The molecule has 1 fully saturated rings. The van der Waals surface area contributed by atoms with Gasteiger partial charge in [0.25, 0.3) is 0 Å². The molecule has 0 aliphatic carbocycles. The average Bonchev–Trinajstić information content (AvgIpc) is 2.47. The third-order valence-electron chi connectivity index (χ3n) is 4.31. The van der Waals surface area contributed by atoms with Crippen LogP contribution in [-0.4, -0.2) is 19.0 Å². The molecule has 2 rings (SSSR count). The van der Waals surface area contributed by atoms with Gasteiger partial charge in [-0.3, -0.25) is 4.79 Å². The molecule has 3 nitrogen and oxygen atoms in total. The fourth-order valence-corrected chi connectivity index (χ4v) is 2.85. The van der Waals surface area contributed by atoms with E-state index in [0.29, 0.717) is 24.8 Å². The highest BCUT2D eigenvalue weighted by Gasteiger charge is 2.21. The monoisotopic (exact) mass is 274 g/mol. The molecule has 0 spiro atoms. The Labute approximate surface area is 122 Å². The van der Waals surface area contributed by atoms with E-state index in [1.54, 1.807) is 0 Å². The number of aryl methyl sites for hydroxylation is 1. The number of hydrogen-bond donors (Lipinski definition) is 2. The molecule has 1 aliphatic rings. The van der Waals surface area contributed by atoms with Crippen molar-refractivity contribution in [1.82, 2.24) is 10.6 Å². The van der Waals surface area contributed by atoms with Crippen molar-refractivity contribution >= 4 is 5.91 Å². The second kappa shape index (κ2) is 7.44. The molecule has 0 saturated carbocycles. The lowest BCUT2D eigenvalue weighted by Gasteiger charge is -2.27. The lowest BCUT2D eigenvalue weighted by Crippen LogP contribution is -2.33. The van der Waals surface area contributed by atoms with Gasteiger partial charge in [-0.15, -0.1) is 0 Å². The lowest BCUT2D eigenvalue weighted by molar-refractivity contribution is -0.122. The first-order chi connectivity index (χ1) is 9.65. The van der Waals surface area contributed by atoms with E-state index in [1.807, 2.05) is 0 Å². The zero-order valence-corrected chi connectivity index (χ0v) is 12.6. The van der Waals surface area contributed by atoms with Gasteiger partial charge in [-0.1, -0.05) is 36.8 Å². The number of carbonyl (C=O) groups excluding carboxylic acids is 1. The van der Waals surface area contributed by atoms with Gasteiger partial charge in [0.15, 0.2) is 0 Å². The topological polar surface area (TPSA) is 41.1 Å². The molecule has 1 atom stereocenters. The molecule has 20 heavy (non-hydrogen) atoms. The van der Waals surface area contributed by atoms with Crippen molar-refractivity contribution in [3.05, 3.63) is 35.4 Å². The zero-order chi connectivity index (χ0) is 14.4. The molecule has 0 aromatic heterocycles. The van der Waals surface area contributed by atoms with E-state index in [4.69, 9.17) is 0 Å². The molecule has 1 aromatic rings. The number of amides is 1. The van der Waals surface area contributed by atoms with E-state index in [1.165, 1.54) is 24.0 Å². The Balaban J connectivity index is 1.73. The van der Waals surface area contributed by atoms with E-state index in [-0.39, 0.29) is 5.91 Å². The minimum Gasteiger partial charge on any atom is -0.352 e. The minimum atomic E-state index is 0.177. The molecule has 0 bridgehead atoms. The molecule has 110 valence electrons. The maximum Gasteiger partial charge on any atom is 0.220 e. The molecule has 1 saturated heterocycles. The number of rotatable bonds is 5. The van der Waals surface area contributed by atoms with Crippen molar-refractivity contribution < 1.29 is 4.79 Å². The number of piperidine rings is 1. The van der Waals surface area contributed by atoms with Crippen molar-refractivity contribution in [2.45, 2.75) is 39.7 Å². The van der Waals surface area contributed by atoms with Crippen molar-refractivity contribution in [3.63, 3.8) is 0 Å². The Morgan fingerprint density at radius 2 is 1.95 bits per heavy atom. The summed E-state index contributed by atoms with van der Waals surface area (Å²) in [7, 11) is 0. The second-order valence-corrected chi connectivity index (χ2v) is 6.03. The summed E-state index contributed by atoms with van der Waals surface area (Å²) in [5.74, 6) is 1.35. The fourth-order valence-electron chi connectivity index (χ4n) is 2.85. The highest BCUT2D eigenvalue weighted by molar-refractivity contribution is 5.76. The predicted octanol–water partition coefficient (Wildman–Crippen LogP) is 2.64. The number of nitrogens with one attached hydrogen (secondary N) is 2. The van der Waals surface area contributed by atoms with Gasteiger partial charge in [-0.05, 0) is 50.3 Å². The van der Waals surface area contributed by atoms with E-state index in [0.717, 1.165) is 13.1 Å². The first-order valence-electron chi connectivity index (χ1n) is 7.68. The molecule has 1 amide bonds. The maximum absolute atomic E-state index is 12.0. The number of hydrogen-bond acceptors (Lipinski definition) is 2. The van der Waals surface area contributed by atoms with Crippen LogP contribution in [-0.2, 0) is 11.3 Å². The molecule has 1 aromatic carbocycles. The zero-order valence-electron chi connectivity index (χ0n) is 12.6. The van der Waals surface area contributed by atoms with E-state index >= 15 is 0 Å². The quantitative estimate of drug-likeness (QED) is 0.866. The van der Waals surface area contributed by atoms with Crippen molar-refractivity contribution in [2.24, 2.45) is 11.8 Å². The SMILES string of the molecule is Cc1ccc(CNC(=O)CC(C)C2CCNCC2)cc1. The Kier molecular flexibility index (Phi) is 5.60. The normalized spacial score (nSPS) is 17.7. The highest BCUT2D eigenvalue weighted by Crippen LogP contribution is 2.24. The smallest absolute Gasteiger partial charge is 0.220 e. The number of carbonyl (C=O) groups is 1. The highest BCUT2D eigenvalue weighted by atomic mass is 16.1. The standard InChI is InChI=1S/C17H26N2O/c1-13-3-5-15(6-4-13)12-19-17(20)11-14(2)16-7-9-18-10-8-16/h3-6,14,16,18H,7-12H2,1-2H3,(H,19,20). The van der Waals surface area contributed by atoms with Gasteiger partial charge in [0.1, 0.15) is 0 Å². The van der Waals surface area contributed by atoms with Crippen LogP contribution in [0.2, 0.25) is 0 Å². The van der Waals surface area contributed by atoms with Crippen LogP contribution in [0.3, 0.4) is 0 Å². The Morgan fingerprint density at radius 3 is 2.60 bits per heavy atom. The summed E-state index contributed by atoms with van der Waals surface area (Å²) in [6, 6.07) is 8.32. The van der Waals surface area contributed by atoms with Gasteiger partial charge in [0, 0.05) is 13.0 Å².